The monoisotopic (exact) mass is 316 g/mol. The second kappa shape index (κ2) is 6.76. The van der Waals surface area contributed by atoms with Gasteiger partial charge in [0, 0.05) is 5.02 Å². The van der Waals surface area contributed by atoms with Crippen molar-refractivity contribution in [1.82, 2.24) is 5.32 Å². The van der Waals surface area contributed by atoms with Crippen LogP contribution < -0.4 is 10.6 Å². The molecule has 2 amide bonds. The Morgan fingerprint density at radius 2 is 1.95 bits per heavy atom. The van der Waals surface area contributed by atoms with Crippen molar-refractivity contribution in [3.63, 3.8) is 0 Å². The number of amides is 2. The summed E-state index contributed by atoms with van der Waals surface area (Å²) in [6.45, 7) is 6.59. The van der Waals surface area contributed by atoms with Gasteiger partial charge in [0.2, 0.25) is 5.91 Å². The van der Waals surface area contributed by atoms with Crippen LogP contribution >= 0.6 is 11.6 Å². The molecule has 1 aromatic rings. The fourth-order valence-corrected chi connectivity index (χ4v) is 1.54. The third-order valence-electron chi connectivity index (χ3n) is 2.32. The number of alkyl carbamates (subject to hydrolysis) is 1. The standard InChI is InChI=1S/C14H18ClFN2O3/c1-8(17-13(20)21-14(2,3)4)12(19)18-11-6-5-9(15)7-10(11)16/h5-8H,1-4H3,(H,17,20)(H,18,19)/t8-/m1/s1. The van der Waals surface area contributed by atoms with Gasteiger partial charge in [-0.3, -0.25) is 4.79 Å². The average Bonchev–Trinajstić information content (AvgIpc) is 2.29. The molecule has 0 radical (unpaired) electrons. The highest BCUT2D eigenvalue weighted by atomic mass is 35.5. The molecule has 1 atom stereocenters. The van der Waals surface area contributed by atoms with Crippen molar-refractivity contribution in [1.29, 1.82) is 0 Å². The Hall–Kier alpha value is -1.82. The van der Waals surface area contributed by atoms with Crippen LogP contribution in [0.3, 0.4) is 0 Å². The van der Waals surface area contributed by atoms with Gasteiger partial charge in [-0.2, -0.15) is 0 Å². The molecule has 1 rings (SSSR count). The average molecular weight is 317 g/mol. The van der Waals surface area contributed by atoms with Gasteiger partial charge in [-0.15, -0.1) is 0 Å². The number of ether oxygens (including phenoxy) is 1. The summed E-state index contributed by atoms with van der Waals surface area (Å²) in [7, 11) is 0. The van der Waals surface area contributed by atoms with E-state index in [9.17, 15) is 14.0 Å². The van der Waals surface area contributed by atoms with Crippen LogP contribution in [0.15, 0.2) is 18.2 Å². The first-order chi connectivity index (χ1) is 9.58. The van der Waals surface area contributed by atoms with Gasteiger partial charge in [0.15, 0.2) is 0 Å². The molecule has 7 heteroatoms. The molecule has 5 nitrogen and oxygen atoms in total. The van der Waals surface area contributed by atoms with Crippen molar-refractivity contribution in [2.75, 3.05) is 5.32 Å². The van der Waals surface area contributed by atoms with Crippen molar-refractivity contribution in [2.24, 2.45) is 0 Å². The lowest BCUT2D eigenvalue weighted by Crippen LogP contribution is -2.44. The Morgan fingerprint density at radius 1 is 1.33 bits per heavy atom. The molecule has 2 N–H and O–H groups in total. The Bertz CT molecular complexity index is 544. The summed E-state index contributed by atoms with van der Waals surface area (Å²) in [5.41, 5.74) is -0.676. The fraction of sp³-hybridized carbons (Fsp3) is 0.429. The molecule has 0 fully saturated rings. The lowest BCUT2D eigenvalue weighted by molar-refractivity contribution is -0.117. The van der Waals surface area contributed by atoms with E-state index in [-0.39, 0.29) is 10.7 Å². The Kier molecular flexibility index (Phi) is 5.54. The van der Waals surface area contributed by atoms with E-state index in [1.807, 2.05) is 0 Å². The molecule has 0 heterocycles. The molecule has 0 spiro atoms. The first-order valence-corrected chi connectivity index (χ1v) is 6.72. The van der Waals surface area contributed by atoms with E-state index in [1.165, 1.54) is 19.1 Å². The number of benzene rings is 1. The first-order valence-electron chi connectivity index (χ1n) is 6.34. The van der Waals surface area contributed by atoms with E-state index in [1.54, 1.807) is 20.8 Å². The third-order valence-corrected chi connectivity index (χ3v) is 2.55. The minimum absolute atomic E-state index is 0.0118. The van der Waals surface area contributed by atoms with Crippen molar-refractivity contribution >= 4 is 29.3 Å². The van der Waals surface area contributed by atoms with Gasteiger partial charge < -0.3 is 15.4 Å². The summed E-state index contributed by atoms with van der Waals surface area (Å²) in [6, 6.07) is 3.00. The van der Waals surface area contributed by atoms with Crippen molar-refractivity contribution < 1.29 is 18.7 Å². The summed E-state index contributed by atoms with van der Waals surface area (Å²) in [5.74, 6) is -1.22. The lowest BCUT2D eigenvalue weighted by Gasteiger charge is -2.21. The maximum Gasteiger partial charge on any atom is 0.408 e. The van der Waals surface area contributed by atoms with Crippen molar-refractivity contribution in [2.45, 2.75) is 39.3 Å². The Morgan fingerprint density at radius 3 is 2.48 bits per heavy atom. The molecule has 0 aromatic heterocycles. The minimum Gasteiger partial charge on any atom is -0.444 e. The van der Waals surface area contributed by atoms with Gasteiger partial charge in [-0.1, -0.05) is 11.6 Å². The molecule has 21 heavy (non-hydrogen) atoms. The predicted octanol–water partition coefficient (Wildman–Crippen LogP) is 3.33. The van der Waals surface area contributed by atoms with E-state index in [2.05, 4.69) is 10.6 Å². The van der Waals surface area contributed by atoms with Gasteiger partial charge in [0.1, 0.15) is 17.5 Å². The number of carbonyl (C=O) groups excluding carboxylic acids is 2. The topological polar surface area (TPSA) is 67.4 Å². The van der Waals surface area contributed by atoms with Crippen molar-refractivity contribution in [3.05, 3.63) is 29.0 Å². The molecule has 0 aliphatic carbocycles. The molecule has 0 unspecified atom stereocenters. The van der Waals surface area contributed by atoms with E-state index in [0.29, 0.717) is 0 Å². The third kappa shape index (κ3) is 5.99. The van der Waals surface area contributed by atoms with Crippen LogP contribution in [0.5, 0.6) is 0 Å². The first kappa shape index (κ1) is 17.2. The van der Waals surface area contributed by atoms with Crippen molar-refractivity contribution in [3.8, 4) is 0 Å². The predicted molar refractivity (Wildman–Crippen MR) is 78.9 cm³/mol. The second-order valence-corrected chi connectivity index (χ2v) is 5.92. The molecule has 0 saturated heterocycles. The number of hydrogen-bond donors (Lipinski definition) is 2. The van der Waals surface area contributed by atoms with E-state index < -0.39 is 29.5 Å². The van der Waals surface area contributed by atoms with Crippen LogP contribution in [0, 0.1) is 5.82 Å². The van der Waals surface area contributed by atoms with Gasteiger partial charge in [0.05, 0.1) is 5.69 Å². The van der Waals surface area contributed by atoms with E-state index >= 15 is 0 Å². The van der Waals surface area contributed by atoms with Crippen LogP contribution in [-0.4, -0.2) is 23.6 Å². The second-order valence-electron chi connectivity index (χ2n) is 5.48. The molecule has 1 aromatic carbocycles. The Labute approximate surface area is 127 Å². The number of carbonyl (C=O) groups is 2. The summed E-state index contributed by atoms with van der Waals surface area (Å²) in [6.07, 6.45) is -0.721. The molecule has 116 valence electrons. The van der Waals surface area contributed by atoms with Gasteiger partial charge >= 0.3 is 6.09 Å². The van der Waals surface area contributed by atoms with Crippen LogP contribution in [0.1, 0.15) is 27.7 Å². The Balaban J connectivity index is 2.61. The highest BCUT2D eigenvalue weighted by Gasteiger charge is 2.21. The molecule has 0 aliphatic rings. The summed E-state index contributed by atoms with van der Waals surface area (Å²) in [5, 5.41) is 4.96. The summed E-state index contributed by atoms with van der Waals surface area (Å²) >= 11 is 5.62. The van der Waals surface area contributed by atoms with Crippen LogP contribution in [0.25, 0.3) is 0 Å². The minimum atomic E-state index is -0.880. The number of hydrogen-bond acceptors (Lipinski definition) is 3. The van der Waals surface area contributed by atoms with Crippen LogP contribution in [-0.2, 0) is 9.53 Å². The van der Waals surface area contributed by atoms with Crippen LogP contribution in [0.4, 0.5) is 14.9 Å². The lowest BCUT2D eigenvalue weighted by atomic mass is 10.2. The largest absolute Gasteiger partial charge is 0.444 e. The van der Waals surface area contributed by atoms with E-state index in [0.717, 1.165) is 6.07 Å². The fourth-order valence-electron chi connectivity index (χ4n) is 1.38. The number of anilines is 1. The number of rotatable bonds is 3. The number of nitrogens with one attached hydrogen (secondary N) is 2. The number of halogens is 2. The molecule has 0 bridgehead atoms. The smallest absolute Gasteiger partial charge is 0.408 e. The highest BCUT2D eigenvalue weighted by Crippen LogP contribution is 2.19. The van der Waals surface area contributed by atoms with Crippen LogP contribution in [0.2, 0.25) is 5.02 Å². The normalized spacial score (nSPS) is 12.5. The molecule has 0 saturated carbocycles. The van der Waals surface area contributed by atoms with Gasteiger partial charge in [-0.05, 0) is 45.9 Å². The maximum atomic E-state index is 13.5. The zero-order chi connectivity index (χ0) is 16.2. The van der Waals surface area contributed by atoms with Gasteiger partial charge in [0.25, 0.3) is 0 Å². The maximum absolute atomic E-state index is 13.5. The zero-order valence-corrected chi connectivity index (χ0v) is 13.0. The van der Waals surface area contributed by atoms with Gasteiger partial charge in [-0.25, -0.2) is 9.18 Å². The molecular formula is C14H18ClFN2O3. The highest BCUT2D eigenvalue weighted by molar-refractivity contribution is 6.30. The quantitative estimate of drug-likeness (QED) is 0.898. The zero-order valence-electron chi connectivity index (χ0n) is 12.3. The summed E-state index contributed by atoms with van der Waals surface area (Å²) in [4.78, 5) is 23.4. The SMILES string of the molecule is C[C@@H](NC(=O)OC(C)(C)C)C(=O)Nc1ccc(Cl)cc1F. The molecular weight excluding hydrogens is 299 g/mol. The summed E-state index contributed by atoms with van der Waals surface area (Å²) < 4.78 is 18.6. The molecule has 0 aliphatic heterocycles. The van der Waals surface area contributed by atoms with E-state index in [4.69, 9.17) is 16.3 Å².